The summed E-state index contributed by atoms with van der Waals surface area (Å²) in [5, 5.41) is 14.7. The average Bonchev–Trinajstić information content (AvgIpc) is 3.23. The standard InChI is InChI=1S/C23H27N3O3S/c27-23(28)24-18-5-3-6-19(17-18)29-15-2-1-10-25-11-13-26(14-12-25)21-7-4-8-22-20(21)9-16-30-22/h3-9,16-17,24H,1-2,10-15H2,(H,27,28). The molecule has 1 aliphatic heterocycles. The minimum Gasteiger partial charge on any atom is -0.494 e. The molecule has 1 aromatic heterocycles. The molecule has 158 valence electrons. The monoisotopic (exact) mass is 425 g/mol. The van der Waals surface area contributed by atoms with E-state index in [2.05, 4.69) is 44.8 Å². The molecule has 0 saturated carbocycles. The van der Waals surface area contributed by atoms with E-state index in [9.17, 15) is 4.79 Å². The zero-order valence-corrected chi connectivity index (χ0v) is 17.7. The van der Waals surface area contributed by atoms with Crippen LogP contribution in [0.3, 0.4) is 0 Å². The van der Waals surface area contributed by atoms with E-state index in [-0.39, 0.29) is 0 Å². The molecule has 1 aliphatic rings. The van der Waals surface area contributed by atoms with Crippen LogP contribution in [0, 0.1) is 0 Å². The number of thiophene rings is 1. The number of rotatable bonds is 8. The number of hydrogen-bond donors (Lipinski definition) is 2. The number of benzene rings is 2. The van der Waals surface area contributed by atoms with Gasteiger partial charge in [0.1, 0.15) is 5.75 Å². The van der Waals surface area contributed by atoms with Crippen molar-refractivity contribution >= 4 is 38.9 Å². The summed E-state index contributed by atoms with van der Waals surface area (Å²) in [5.41, 5.74) is 1.89. The maximum Gasteiger partial charge on any atom is 0.409 e. The number of unbranched alkanes of at least 4 members (excludes halogenated alkanes) is 1. The highest BCUT2D eigenvalue weighted by Gasteiger charge is 2.18. The molecular formula is C23H27N3O3S. The lowest BCUT2D eigenvalue weighted by atomic mass is 10.2. The number of piperazine rings is 1. The number of nitrogens with zero attached hydrogens (tertiary/aromatic N) is 2. The van der Waals surface area contributed by atoms with Crippen LogP contribution in [0.25, 0.3) is 10.1 Å². The molecule has 0 spiro atoms. The predicted octanol–water partition coefficient (Wildman–Crippen LogP) is 4.97. The van der Waals surface area contributed by atoms with E-state index in [1.807, 2.05) is 6.07 Å². The largest absolute Gasteiger partial charge is 0.494 e. The van der Waals surface area contributed by atoms with E-state index in [1.165, 1.54) is 15.8 Å². The van der Waals surface area contributed by atoms with Crippen molar-refractivity contribution < 1.29 is 14.6 Å². The van der Waals surface area contributed by atoms with Crippen molar-refractivity contribution in [3.8, 4) is 5.75 Å². The van der Waals surface area contributed by atoms with Gasteiger partial charge >= 0.3 is 6.09 Å². The van der Waals surface area contributed by atoms with Crippen LogP contribution in [0.15, 0.2) is 53.9 Å². The van der Waals surface area contributed by atoms with E-state index in [4.69, 9.17) is 9.84 Å². The fourth-order valence-electron chi connectivity index (χ4n) is 3.88. The number of fused-ring (bicyclic) bond motifs is 1. The summed E-state index contributed by atoms with van der Waals surface area (Å²) in [5.74, 6) is 0.692. The van der Waals surface area contributed by atoms with E-state index in [0.717, 1.165) is 45.6 Å². The Hall–Kier alpha value is -2.77. The molecular weight excluding hydrogens is 398 g/mol. The van der Waals surface area contributed by atoms with Gasteiger partial charge in [-0.2, -0.15) is 0 Å². The number of ether oxygens (including phenoxy) is 1. The summed E-state index contributed by atoms with van der Waals surface area (Å²) in [4.78, 5) is 15.8. The van der Waals surface area contributed by atoms with Gasteiger partial charge in [-0.3, -0.25) is 10.2 Å². The number of nitrogens with one attached hydrogen (secondary N) is 1. The SMILES string of the molecule is O=C(O)Nc1cccc(OCCCCN2CCN(c3cccc4sccc34)CC2)c1. The van der Waals surface area contributed by atoms with Crippen LogP contribution in [-0.4, -0.2) is 55.4 Å². The molecule has 2 N–H and O–H groups in total. The smallest absolute Gasteiger partial charge is 0.409 e. The summed E-state index contributed by atoms with van der Waals surface area (Å²) in [6, 6.07) is 15.9. The van der Waals surface area contributed by atoms with Crippen LogP contribution < -0.4 is 15.0 Å². The van der Waals surface area contributed by atoms with Crippen molar-refractivity contribution in [2.75, 3.05) is 49.5 Å². The molecule has 0 radical (unpaired) electrons. The Morgan fingerprint density at radius 2 is 1.90 bits per heavy atom. The van der Waals surface area contributed by atoms with E-state index < -0.39 is 6.09 Å². The molecule has 7 heteroatoms. The highest BCUT2D eigenvalue weighted by atomic mass is 32.1. The van der Waals surface area contributed by atoms with Crippen LogP contribution in [-0.2, 0) is 0 Å². The van der Waals surface area contributed by atoms with Gasteiger partial charge in [0.25, 0.3) is 0 Å². The average molecular weight is 426 g/mol. The number of carbonyl (C=O) groups is 1. The molecule has 1 fully saturated rings. The van der Waals surface area contributed by atoms with Gasteiger partial charge in [-0.15, -0.1) is 11.3 Å². The van der Waals surface area contributed by atoms with Crippen molar-refractivity contribution in [1.82, 2.24) is 4.90 Å². The first-order valence-electron chi connectivity index (χ1n) is 10.4. The minimum atomic E-state index is -1.07. The molecule has 0 bridgehead atoms. The first-order valence-corrected chi connectivity index (χ1v) is 11.2. The van der Waals surface area contributed by atoms with Gasteiger partial charge in [-0.1, -0.05) is 12.1 Å². The number of amides is 1. The Morgan fingerprint density at radius 3 is 2.73 bits per heavy atom. The Labute approximate surface area is 180 Å². The lowest BCUT2D eigenvalue weighted by Crippen LogP contribution is -2.46. The second-order valence-corrected chi connectivity index (χ2v) is 8.40. The molecule has 0 atom stereocenters. The molecule has 1 saturated heterocycles. The van der Waals surface area contributed by atoms with E-state index in [1.54, 1.807) is 29.5 Å². The van der Waals surface area contributed by atoms with Crippen LogP contribution in [0.1, 0.15) is 12.8 Å². The minimum absolute atomic E-state index is 0.524. The lowest BCUT2D eigenvalue weighted by Gasteiger charge is -2.36. The molecule has 3 aromatic rings. The van der Waals surface area contributed by atoms with Gasteiger partial charge in [-0.05, 0) is 55.1 Å². The molecule has 30 heavy (non-hydrogen) atoms. The van der Waals surface area contributed by atoms with Crippen molar-refractivity contribution in [2.45, 2.75) is 12.8 Å². The second-order valence-electron chi connectivity index (χ2n) is 7.45. The highest BCUT2D eigenvalue weighted by Crippen LogP contribution is 2.31. The Morgan fingerprint density at radius 1 is 1.07 bits per heavy atom. The molecule has 6 nitrogen and oxygen atoms in total. The normalized spacial score (nSPS) is 14.7. The third-order valence-corrected chi connectivity index (χ3v) is 6.29. The lowest BCUT2D eigenvalue weighted by molar-refractivity contribution is 0.209. The van der Waals surface area contributed by atoms with Gasteiger partial charge in [0.2, 0.25) is 0 Å². The Bertz CT molecular complexity index is 982. The first-order chi connectivity index (χ1) is 14.7. The van der Waals surface area contributed by atoms with Crippen molar-refractivity contribution in [3.63, 3.8) is 0 Å². The first kappa shape index (κ1) is 20.5. The van der Waals surface area contributed by atoms with Crippen LogP contribution in [0.5, 0.6) is 5.75 Å². The second kappa shape index (κ2) is 9.82. The van der Waals surface area contributed by atoms with Gasteiger partial charge in [0, 0.05) is 53.7 Å². The fourth-order valence-corrected chi connectivity index (χ4v) is 4.69. The summed E-state index contributed by atoms with van der Waals surface area (Å²) < 4.78 is 7.13. The van der Waals surface area contributed by atoms with Crippen LogP contribution >= 0.6 is 11.3 Å². The highest BCUT2D eigenvalue weighted by molar-refractivity contribution is 7.17. The number of hydrogen-bond acceptors (Lipinski definition) is 5. The number of carboxylic acid groups (broad SMARTS) is 1. The van der Waals surface area contributed by atoms with E-state index in [0.29, 0.717) is 18.0 Å². The summed E-state index contributed by atoms with van der Waals surface area (Å²) in [6.07, 6.45) is 0.998. The topological polar surface area (TPSA) is 65.0 Å². The van der Waals surface area contributed by atoms with Gasteiger partial charge in [0.05, 0.1) is 6.61 Å². The maximum atomic E-state index is 10.7. The van der Waals surface area contributed by atoms with E-state index >= 15 is 0 Å². The molecule has 2 heterocycles. The van der Waals surface area contributed by atoms with Gasteiger partial charge in [0.15, 0.2) is 0 Å². The molecule has 1 amide bonds. The summed E-state index contributed by atoms with van der Waals surface area (Å²) >= 11 is 1.80. The molecule has 4 rings (SSSR count). The fraction of sp³-hybridized carbons (Fsp3) is 0.348. The maximum absolute atomic E-state index is 10.7. The Kier molecular flexibility index (Phi) is 6.71. The quantitative estimate of drug-likeness (QED) is 0.499. The van der Waals surface area contributed by atoms with Crippen molar-refractivity contribution in [1.29, 1.82) is 0 Å². The third-order valence-electron chi connectivity index (χ3n) is 5.41. The number of anilines is 2. The van der Waals surface area contributed by atoms with Crippen LogP contribution in [0.2, 0.25) is 0 Å². The zero-order chi connectivity index (χ0) is 20.8. The molecule has 0 unspecified atom stereocenters. The summed E-state index contributed by atoms with van der Waals surface area (Å²) in [6.45, 7) is 6.02. The molecule has 2 aromatic carbocycles. The molecule has 0 aliphatic carbocycles. The van der Waals surface area contributed by atoms with Gasteiger partial charge < -0.3 is 14.7 Å². The van der Waals surface area contributed by atoms with Gasteiger partial charge in [-0.25, -0.2) is 4.79 Å². The Balaban J connectivity index is 1.16. The van der Waals surface area contributed by atoms with Crippen LogP contribution in [0.4, 0.5) is 16.2 Å². The van der Waals surface area contributed by atoms with Crippen molar-refractivity contribution in [2.24, 2.45) is 0 Å². The van der Waals surface area contributed by atoms with Crippen molar-refractivity contribution in [3.05, 3.63) is 53.9 Å². The summed E-state index contributed by atoms with van der Waals surface area (Å²) in [7, 11) is 0. The third kappa shape index (κ3) is 5.23. The predicted molar refractivity (Wildman–Crippen MR) is 123 cm³/mol. The zero-order valence-electron chi connectivity index (χ0n) is 16.9.